The molecule has 0 aliphatic carbocycles. The van der Waals surface area contributed by atoms with E-state index in [0.29, 0.717) is 33.7 Å². The number of halogens is 1. The Hall–Kier alpha value is -3.63. The van der Waals surface area contributed by atoms with E-state index >= 15 is 0 Å². The first-order chi connectivity index (χ1) is 17.6. The lowest BCUT2D eigenvalue weighted by atomic mass is 10.1. The molecule has 3 rings (SSSR count). The van der Waals surface area contributed by atoms with Crippen LogP contribution in [0.5, 0.6) is 5.75 Å². The van der Waals surface area contributed by atoms with Gasteiger partial charge in [-0.25, -0.2) is 0 Å². The predicted molar refractivity (Wildman–Crippen MR) is 145 cm³/mol. The molecule has 2 N–H and O–H groups in total. The number of aryl methyl sites for hydroxylation is 1. The predicted octanol–water partition coefficient (Wildman–Crippen LogP) is 3.40. The zero-order valence-electron chi connectivity index (χ0n) is 21.0. The summed E-state index contributed by atoms with van der Waals surface area (Å²) in [6.07, 6.45) is 1.62. The molecule has 3 amide bonds. The minimum atomic E-state index is -0.401. The Labute approximate surface area is 224 Å². The number of anilines is 1. The monoisotopic (exact) mass is 544 g/mol. The zero-order chi connectivity index (χ0) is 27.1. The van der Waals surface area contributed by atoms with Crippen molar-refractivity contribution in [3.8, 4) is 11.4 Å². The zero-order valence-corrected chi connectivity index (χ0v) is 22.6. The fourth-order valence-corrected chi connectivity index (χ4v) is 4.61. The highest BCUT2D eigenvalue weighted by molar-refractivity contribution is 7.18. The maximum atomic E-state index is 12.9. The van der Waals surface area contributed by atoms with E-state index in [1.54, 1.807) is 41.4 Å². The number of thiophene rings is 1. The Kier molecular flexibility index (Phi) is 9.48. The van der Waals surface area contributed by atoms with E-state index in [-0.39, 0.29) is 36.0 Å². The van der Waals surface area contributed by atoms with Crippen LogP contribution in [-0.4, -0.2) is 49.0 Å². The largest absolute Gasteiger partial charge is 0.478 e. The molecule has 0 aliphatic rings. The van der Waals surface area contributed by atoms with Crippen LogP contribution >= 0.6 is 22.9 Å². The van der Waals surface area contributed by atoms with Crippen molar-refractivity contribution in [1.29, 1.82) is 0 Å². The molecule has 11 heteroatoms. The fourth-order valence-electron chi connectivity index (χ4n) is 3.65. The molecule has 3 aromatic rings. The van der Waals surface area contributed by atoms with E-state index in [2.05, 4.69) is 10.6 Å². The molecule has 0 saturated carbocycles. The Morgan fingerprint density at radius 2 is 1.95 bits per heavy atom. The van der Waals surface area contributed by atoms with Gasteiger partial charge in [0.05, 0.1) is 14.9 Å². The van der Waals surface area contributed by atoms with Crippen LogP contribution < -0.4 is 25.8 Å². The minimum Gasteiger partial charge on any atom is -0.478 e. The molecule has 1 aromatic carbocycles. The molecule has 0 bridgehead atoms. The lowest BCUT2D eigenvalue weighted by molar-refractivity contribution is -0.122. The van der Waals surface area contributed by atoms with Gasteiger partial charge in [-0.2, -0.15) is 0 Å². The highest BCUT2D eigenvalue weighted by atomic mass is 35.5. The van der Waals surface area contributed by atoms with Crippen molar-refractivity contribution in [2.75, 3.05) is 31.6 Å². The molecule has 0 unspecified atom stereocenters. The minimum absolute atomic E-state index is 0.0277. The first kappa shape index (κ1) is 27.9. The lowest BCUT2D eigenvalue weighted by Gasteiger charge is -2.26. The number of nitrogens with zero attached hydrogens (tertiary/aromatic N) is 2. The Morgan fingerprint density at radius 3 is 2.57 bits per heavy atom. The summed E-state index contributed by atoms with van der Waals surface area (Å²) in [4.78, 5) is 51.4. The van der Waals surface area contributed by atoms with Crippen molar-refractivity contribution in [2.24, 2.45) is 5.92 Å². The number of likely N-dealkylation sites (N-methyl/N-ethyl adjacent to an activating group) is 1. The van der Waals surface area contributed by atoms with Crippen LogP contribution in [0.4, 0.5) is 5.69 Å². The molecule has 37 heavy (non-hydrogen) atoms. The number of nitrogens with one attached hydrogen (secondary N) is 2. The van der Waals surface area contributed by atoms with Crippen molar-refractivity contribution in [3.05, 3.63) is 73.8 Å². The van der Waals surface area contributed by atoms with Crippen LogP contribution in [0.25, 0.3) is 5.69 Å². The van der Waals surface area contributed by atoms with E-state index < -0.39 is 5.56 Å². The standard InChI is InChI=1S/C26H29ClN4O5S/c1-16(13-29-25(34)22-9-10-23(27)37-22)14-31(18(3)32)19-7-8-20(17(2)12-19)30-11-5-6-21(26(30)35)36-15-24(33)28-4/h5-12,16H,13-15H2,1-4H3,(H,28,33)(H,29,34)/t16-/m0/s1. The summed E-state index contributed by atoms with van der Waals surface area (Å²) in [7, 11) is 1.49. The van der Waals surface area contributed by atoms with Crippen LogP contribution in [0, 0.1) is 12.8 Å². The number of carbonyl (C=O) groups excluding carboxylic acids is 3. The highest BCUT2D eigenvalue weighted by Gasteiger charge is 2.18. The smallest absolute Gasteiger partial charge is 0.297 e. The molecule has 0 saturated heterocycles. The second-order valence-corrected chi connectivity index (χ2v) is 10.2. The van der Waals surface area contributed by atoms with E-state index in [1.807, 2.05) is 19.9 Å². The summed E-state index contributed by atoms with van der Waals surface area (Å²) in [5.74, 6) is -0.660. The molecule has 0 aliphatic heterocycles. The van der Waals surface area contributed by atoms with E-state index in [1.165, 1.54) is 35.9 Å². The third-order valence-electron chi connectivity index (χ3n) is 5.58. The van der Waals surface area contributed by atoms with Crippen LogP contribution in [0.1, 0.15) is 29.1 Å². The molecule has 0 radical (unpaired) electrons. The maximum absolute atomic E-state index is 12.9. The van der Waals surface area contributed by atoms with Gasteiger partial charge in [-0.15, -0.1) is 11.3 Å². The van der Waals surface area contributed by atoms with Gasteiger partial charge in [0.1, 0.15) is 0 Å². The normalized spacial score (nSPS) is 11.5. The molecular formula is C26H29ClN4O5S. The molecule has 196 valence electrons. The number of carbonyl (C=O) groups is 3. The topological polar surface area (TPSA) is 110 Å². The summed E-state index contributed by atoms with van der Waals surface area (Å²) < 4.78 is 7.35. The van der Waals surface area contributed by atoms with Gasteiger partial charge < -0.3 is 20.3 Å². The van der Waals surface area contributed by atoms with Crippen molar-refractivity contribution >= 4 is 46.3 Å². The summed E-state index contributed by atoms with van der Waals surface area (Å²) in [6, 6.07) is 11.9. The molecule has 2 aromatic heterocycles. The number of hydrogen-bond donors (Lipinski definition) is 2. The number of rotatable bonds is 10. The van der Waals surface area contributed by atoms with Gasteiger partial charge in [-0.1, -0.05) is 18.5 Å². The molecule has 9 nitrogen and oxygen atoms in total. The highest BCUT2D eigenvalue weighted by Crippen LogP contribution is 2.24. The molecule has 0 fully saturated rings. The number of pyridine rings is 1. The Bertz CT molecular complexity index is 1350. The Morgan fingerprint density at radius 1 is 1.19 bits per heavy atom. The van der Waals surface area contributed by atoms with Crippen LogP contribution in [0.2, 0.25) is 4.34 Å². The number of amides is 3. The number of aromatic nitrogens is 1. The molecule has 2 heterocycles. The van der Waals surface area contributed by atoms with E-state index in [4.69, 9.17) is 16.3 Å². The fraction of sp³-hybridized carbons (Fsp3) is 0.308. The van der Waals surface area contributed by atoms with Crippen LogP contribution in [0.15, 0.2) is 53.5 Å². The van der Waals surface area contributed by atoms with Gasteiger partial charge in [0, 0.05) is 38.9 Å². The summed E-state index contributed by atoms with van der Waals surface area (Å²) >= 11 is 7.11. The van der Waals surface area contributed by atoms with Gasteiger partial charge in [-0.05, 0) is 60.9 Å². The van der Waals surface area contributed by atoms with Gasteiger partial charge in [-0.3, -0.25) is 23.7 Å². The molecule has 1 atom stereocenters. The van der Waals surface area contributed by atoms with E-state index in [0.717, 1.165) is 5.56 Å². The second-order valence-electron chi connectivity index (χ2n) is 8.53. The summed E-state index contributed by atoms with van der Waals surface area (Å²) in [6.45, 7) is 5.79. The molecular weight excluding hydrogens is 516 g/mol. The average Bonchev–Trinajstić information content (AvgIpc) is 3.31. The number of hydrogen-bond acceptors (Lipinski definition) is 6. The lowest BCUT2D eigenvalue weighted by Crippen LogP contribution is -2.38. The number of benzene rings is 1. The second kappa shape index (κ2) is 12.6. The van der Waals surface area contributed by atoms with Gasteiger partial charge in [0.15, 0.2) is 12.4 Å². The summed E-state index contributed by atoms with van der Waals surface area (Å²) in [5.41, 5.74) is 1.67. The SMILES string of the molecule is CNC(=O)COc1cccn(-c2ccc(N(C[C@@H](C)CNC(=O)c3ccc(Cl)s3)C(C)=O)cc2C)c1=O. The summed E-state index contributed by atoms with van der Waals surface area (Å²) in [5, 5.41) is 5.32. The van der Waals surface area contributed by atoms with Crippen molar-refractivity contribution in [2.45, 2.75) is 20.8 Å². The van der Waals surface area contributed by atoms with E-state index in [9.17, 15) is 19.2 Å². The third kappa shape index (κ3) is 7.21. The van der Waals surface area contributed by atoms with Crippen LogP contribution in [-0.2, 0) is 9.59 Å². The number of ether oxygens (including phenoxy) is 1. The average molecular weight is 545 g/mol. The van der Waals surface area contributed by atoms with Crippen LogP contribution in [0.3, 0.4) is 0 Å². The van der Waals surface area contributed by atoms with Gasteiger partial charge >= 0.3 is 0 Å². The third-order valence-corrected chi connectivity index (χ3v) is 6.81. The van der Waals surface area contributed by atoms with Crippen molar-refractivity contribution in [3.63, 3.8) is 0 Å². The molecule has 0 spiro atoms. The quantitative estimate of drug-likeness (QED) is 0.406. The first-order valence-corrected chi connectivity index (χ1v) is 12.8. The Balaban J connectivity index is 1.74. The van der Waals surface area contributed by atoms with Crippen molar-refractivity contribution < 1.29 is 19.1 Å². The first-order valence-electron chi connectivity index (χ1n) is 11.6. The van der Waals surface area contributed by atoms with Gasteiger partial charge in [0.2, 0.25) is 5.91 Å². The van der Waals surface area contributed by atoms with Gasteiger partial charge in [0.25, 0.3) is 17.4 Å². The maximum Gasteiger partial charge on any atom is 0.297 e. The van der Waals surface area contributed by atoms with Crippen molar-refractivity contribution in [1.82, 2.24) is 15.2 Å².